The van der Waals surface area contributed by atoms with Gasteiger partial charge in [-0.3, -0.25) is 0 Å². The van der Waals surface area contributed by atoms with Crippen LogP contribution in [-0.2, 0) is 19.6 Å². The molecule has 0 spiro atoms. The first-order valence-corrected chi connectivity index (χ1v) is 11.4. The highest BCUT2D eigenvalue weighted by Gasteiger charge is 2.12. The Hall–Kier alpha value is -1.62. The van der Waals surface area contributed by atoms with Crippen molar-refractivity contribution in [2.45, 2.75) is 26.5 Å². The lowest BCUT2D eigenvalue weighted by Crippen LogP contribution is -2.17. The number of ether oxygens (including phenoxy) is 2. The minimum absolute atomic E-state index is 0.396. The van der Waals surface area contributed by atoms with Crippen molar-refractivity contribution in [2.24, 2.45) is 0 Å². The molecule has 0 saturated carbocycles. The molecule has 7 heteroatoms. The van der Waals surface area contributed by atoms with Crippen LogP contribution in [0.5, 0.6) is 11.5 Å². The van der Waals surface area contributed by atoms with Gasteiger partial charge in [0, 0.05) is 32.7 Å². The molecule has 3 aromatic carbocycles. The molecule has 0 aliphatic heterocycles. The summed E-state index contributed by atoms with van der Waals surface area (Å²) in [6.07, 6.45) is 0.786. The summed E-state index contributed by atoms with van der Waals surface area (Å²) in [6, 6.07) is 16.8. The van der Waals surface area contributed by atoms with E-state index >= 15 is 0 Å². The van der Waals surface area contributed by atoms with Crippen LogP contribution in [0, 0.1) is 0 Å². The molecule has 3 rings (SSSR count). The minimum Gasteiger partial charge on any atom is -0.490 e. The zero-order valence-corrected chi connectivity index (χ0v) is 20.1. The van der Waals surface area contributed by atoms with E-state index in [-0.39, 0.29) is 0 Å². The quantitative estimate of drug-likeness (QED) is 0.292. The fourth-order valence-corrected chi connectivity index (χ4v) is 3.86. The van der Waals surface area contributed by atoms with Crippen LogP contribution in [0.25, 0.3) is 0 Å². The van der Waals surface area contributed by atoms with Crippen LogP contribution in [0.4, 0.5) is 0 Å². The number of hydrogen-bond donors (Lipinski definition) is 1. The molecule has 0 amide bonds. The second kappa shape index (κ2) is 11.8. The highest BCUT2D eigenvalue weighted by Crippen LogP contribution is 2.34. The first-order chi connectivity index (χ1) is 15.0. The molecule has 0 fully saturated rings. The van der Waals surface area contributed by atoms with E-state index in [0.29, 0.717) is 51.3 Å². The SMILES string of the molecule is CCOc1cc(CNCCc2ccc(Cl)cc2Cl)c(Cl)cc1OCc1ccc(Cl)cc1. The molecule has 0 unspecified atom stereocenters. The number of hydrogen-bond acceptors (Lipinski definition) is 3. The smallest absolute Gasteiger partial charge is 0.163 e. The lowest BCUT2D eigenvalue weighted by Gasteiger charge is -2.15. The Morgan fingerprint density at radius 2 is 1.42 bits per heavy atom. The zero-order valence-electron chi connectivity index (χ0n) is 17.1. The van der Waals surface area contributed by atoms with Crippen LogP contribution >= 0.6 is 46.4 Å². The Morgan fingerprint density at radius 3 is 2.13 bits per heavy atom. The van der Waals surface area contributed by atoms with Gasteiger partial charge in [-0.05, 0) is 66.9 Å². The van der Waals surface area contributed by atoms with Gasteiger partial charge in [0.15, 0.2) is 11.5 Å². The lowest BCUT2D eigenvalue weighted by molar-refractivity contribution is 0.269. The van der Waals surface area contributed by atoms with Gasteiger partial charge in [-0.15, -0.1) is 0 Å². The van der Waals surface area contributed by atoms with Crippen molar-refractivity contribution in [2.75, 3.05) is 13.2 Å². The van der Waals surface area contributed by atoms with Gasteiger partial charge in [-0.1, -0.05) is 64.6 Å². The number of rotatable bonds is 10. The molecule has 0 heterocycles. The molecule has 31 heavy (non-hydrogen) atoms. The van der Waals surface area contributed by atoms with E-state index in [1.165, 1.54) is 0 Å². The summed E-state index contributed by atoms with van der Waals surface area (Å²) in [5.74, 6) is 1.27. The lowest BCUT2D eigenvalue weighted by atomic mass is 10.1. The van der Waals surface area contributed by atoms with Crippen molar-refractivity contribution in [1.82, 2.24) is 5.32 Å². The van der Waals surface area contributed by atoms with Crippen molar-refractivity contribution in [3.63, 3.8) is 0 Å². The first-order valence-electron chi connectivity index (χ1n) is 9.93. The predicted molar refractivity (Wildman–Crippen MR) is 130 cm³/mol. The third-order valence-electron chi connectivity index (χ3n) is 4.62. The van der Waals surface area contributed by atoms with Crippen molar-refractivity contribution < 1.29 is 9.47 Å². The number of benzene rings is 3. The van der Waals surface area contributed by atoms with Gasteiger partial charge in [-0.25, -0.2) is 0 Å². The van der Waals surface area contributed by atoms with Crippen molar-refractivity contribution >= 4 is 46.4 Å². The molecule has 3 nitrogen and oxygen atoms in total. The van der Waals surface area contributed by atoms with Gasteiger partial charge >= 0.3 is 0 Å². The van der Waals surface area contributed by atoms with Crippen LogP contribution in [0.1, 0.15) is 23.6 Å². The molecule has 0 saturated heterocycles. The number of nitrogens with one attached hydrogen (secondary N) is 1. The maximum atomic E-state index is 6.51. The van der Waals surface area contributed by atoms with Crippen LogP contribution in [0.15, 0.2) is 54.6 Å². The van der Waals surface area contributed by atoms with E-state index in [2.05, 4.69) is 5.32 Å². The van der Waals surface area contributed by atoms with E-state index in [1.54, 1.807) is 12.1 Å². The van der Waals surface area contributed by atoms with E-state index < -0.39 is 0 Å². The van der Waals surface area contributed by atoms with E-state index in [9.17, 15) is 0 Å². The van der Waals surface area contributed by atoms with Crippen LogP contribution in [-0.4, -0.2) is 13.2 Å². The molecular formula is C24H23Cl4NO2. The minimum atomic E-state index is 0.396. The summed E-state index contributed by atoms with van der Waals surface area (Å²) >= 11 is 24.6. The second-order valence-electron chi connectivity index (χ2n) is 6.90. The normalized spacial score (nSPS) is 10.9. The fourth-order valence-electron chi connectivity index (χ4n) is 3.01. The third kappa shape index (κ3) is 7.20. The Balaban J connectivity index is 1.61. The molecule has 0 aliphatic rings. The summed E-state index contributed by atoms with van der Waals surface area (Å²) in [5.41, 5.74) is 2.99. The molecule has 0 aliphatic carbocycles. The molecule has 164 valence electrons. The summed E-state index contributed by atoms with van der Waals surface area (Å²) in [4.78, 5) is 0. The highest BCUT2D eigenvalue weighted by atomic mass is 35.5. The zero-order chi connectivity index (χ0) is 22.2. The van der Waals surface area contributed by atoms with Gasteiger partial charge in [0.2, 0.25) is 0 Å². The van der Waals surface area contributed by atoms with Gasteiger partial charge in [0.05, 0.1) is 6.61 Å². The Kier molecular flexibility index (Phi) is 9.18. The van der Waals surface area contributed by atoms with Crippen LogP contribution in [0.3, 0.4) is 0 Å². The average molecular weight is 499 g/mol. The molecule has 1 N–H and O–H groups in total. The van der Waals surface area contributed by atoms with Gasteiger partial charge in [0.25, 0.3) is 0 Å². The van der Waals surface area contributed by atoms with Gasteiger partial charge in [0.1, 0.15) is 6.61 Å². The topological polar surface area (TPSA) is 30.5 Å². The second-order valence-corrected chi connectivity index (χ2v) is 8.59. The summed E-state index contributed by atoms with van der Waals surface area (Å²) < 4.78 is 11.7. The summed E-state index contributed by atoms with van der Waals surface area (Å²) in [5, 5.41) is 6.02. The van der Waals surface area contributed by atoms with E-state index in [0.717, 1.165) is 29.7 Å². The Bertz CT molecular complexity index is 1010. The maximum Gasteiger partial charge on any atom is 0.163 e. The van der Waals surface area contributed by atoms with Crippen molar-refractivity contribution in [3.05, 3.63) is 91.4 Å². The van der Waals surface area contributed by atoms with Gasteiger partial charge < -0.3 is 14.8 Å². The Morgan fingerprint density at radius 1 is 0.742 bits per heavy atom. The van der Waals surface area contributed by atoms with Crippen molar-refractivity contribution in [1.29, 1.82) is 0 Å². The third-order valence-corrected chi connectivity index (χ3v) is 5.81. The van der Waals surface area contributed by atoms with E-state index in [1.807, 2.05) is 49.4 Å². The van der Waals surface area contributed by atoms with E-state index in [4.69, 9.17) is 55.9 Å². The predicted octanol–water partition coefficient (Wildman–Crippen LogP) is 7.61. The maximum absolute atomic E-state index is 6.51. The van der Waals surface area contributed by atoms with Crippen molar-refractivity contribution in [3.8, 4) is 11.5 Å². The van der Waals surface area contributed by atoms with Gasteiger partial charge in [-0.2, -0.15) is 0 Å². The molecule has 0 radical (unpaired) electrons. The first kappa shape index (κ1) is 24.0. The average Bonchev–Trinajstić information content (AvgIpc) is 2.74. The highest BCUT2D eigenvalue weighted by molar-refractivity contribution is 6.35. The van der Waals surface area contributed by atoms with Crippen LogP contribution < -0.4 is 14.8 Å². The number of halogens is 4. The molecule has 3 aromatic rings. The summed E-state index contributed by atoms with van der Waals surface area (Å²) in [6.45, 7) is 4.21. The fraction of sp³-hybridized carbons (Fsp3) is 0.250. The molecular weight excluding hydrogens is 476 g/mol. The Labute approximate surface area is 203 Å². The standard InChI is InChI=1S/C24H23Cl4NO2/c1-2-30-23-11-18(14-29-10-9-17-5-8-20(26)12-21(17)27)22(28)13-24(23)31-15-16-3-6-19(25)7-4-16/h3-8,11-13,29H,2,9-10,14-15H2,1H3. The molecule has 0 atom stereocenters. The monoisotopic (exact) mass is 497 g/mol. The molecule has 0 bridgehead atoms. The largest absolute Gasteiger partial charge is 0.490 e. The molecule has 0 aromatic heterocycles. The van der Waals surface area contributed by atoms with Crippen LogP contribution in [0.2, 0.25) is 20.1 Å². The summed E-state index contributed by atoms with van der Waals surface area (Å²) in [7, 11) is 0.